The molecule has 1 aromatic rings. The van der Waals surface area contributed by atoms with E-state index in [2.05, 4.69) is 15.9 Å². The molecule has 2 rings (SSSR count). The molecule has 0 radical (unpaired) electrons. The SMILES string of the molecule is NC1(CCOc2cccc(Br)c2)CCC1. The first-order chi connectivity index (χ1) is 7.18. The van der Waals surface area contributed by atoms with Gasteiger partial charge in [0.15, 0.2) is 0 Å². The molecule has 0 atom stereocenters. The van der Waals surface area contributed by atoms with Gasteiger partial charge in [-0.25, -0.2) is 0 Å². The molecule has 2 nitrogen and oxygen atoms in total. The smallest absolute Gasteiger partial charge is 0.120 e. The molecule has 1 aliphatic carbocycles. The Balaban J connectivity index is 1.78. The second-order valence-electron chi connectivity index (χ2n) is 4.27. The predicted octanol–water partition coefficient (Wildman–Crippen LogP) is 3.10. The predicted molar refractivity (Wildman–Crippen MR) is 65.0 cm³/mol. The monoisotopic (exact) mass is 269 g/mol. The van der Waals surface area contributed by atoms with Crippen molar-refractivity contribution in [2.24, 2.45) is 5.73 Å². The molecule has 82 valence electrons. The average molecular weight is 270 g/mol. The zero-order chi connectivity index (χ0) is 10.7. The maximum atomic E-state index is 6.11. The number of rotatable bonds is 4. The normalized spacial score (nSPS) is 18.3. The van der Waals surface area contributed by atoms with Gasteiger partial charge < -0.3 is 10.5 Å². The highest BCUT2D eigenvalue weighted by molar-refractivity contribution is 9.10. The first kappa shape index (κ1) is 11.0. The molecule has 15 heavy (non-hydrogen) atoms. The zero-order valence-electron chi connectivity index (χ0n) is 8.71. The molecule has 0 spiro atoms. The summed E-state index contributed by atoms with van der Waals surface area (Å²) < 4.78 is 6.70. The number of hydrogen-bond acceptors (Lipinski definition) is 2. The van der Waals surface area contributed by atoms with Crippen molar-refractivity contribution >= 4 is 15.9 Å². The van der Waals surface area contributed by atoms with Crippen LogP contribution in [0.15, 0.2) is 28.7 Å². The van der Waals surface area contributed by atoms with E-state index in [0.717, 1.165) is 29.5 Å². The first-order valence-electron chi connectivity index (χ1n) is 5.35. The Morgan fingerprint density at radius 1 is 1.40 bits per heavy atom. The molecule has 3 heteroatoms. The molecule has 0 aliphatic heterocycles. The summed E-state index contributed by atoms with van der Waals surface area (Å²) in [5.74, 6) is 0.910. The molecule has 0 bridgehead atoms. The number of halogens is 1. The van der Waals surface area contributed by atoms with Crippen LogP contribution in [0.5, 0.6) is 5.75 Å². The third-order valence-corrected chi connectivity index (χ3v) is 3.51. The van der Waals surface area contributed by atoms with Crippen LogP contribution in [-0.4, -0.2) is 12.1 Å². The van der Waals surface area contributed by atoms with Crippen molar-refractivity contribution in [2.75, 3.05) is 6.61 Å². The second kappa shape index (κ2) is 4.54. The van der Waals surface area contributed by atoms with E-state index >= 15 is 0 Å². The van der Waals surface area contributed by atoms with E-state index in [1.54, 1.807) is 0 Å². The van der Waals surface area contributed by atoms with Crippen LogP contribution in [0.25, 0.3) is 0 Å². The van der Waals surface area contributed by atoms with Crippen LogP contribution in [0.4, 0.5) is 0 Å². The molecule has 1 saturated carbocycles. The molecular weight excluding hydrogens is 254 g/mol. The molecule has 2 N–H and O–H groups in total. The summed E-state index contributed by atoms with van der Waals surface area (Å²) in [6.07, 6.45) is 4.52. The number of nitrogens with two attached hydrogens (primary N) is 1. The minimum absolute atomic E-state index is 0.0615. The van der Waals surface area contributed by atoms with Crippen molar-refractivity contribution in [3.63, 3.8) is 0 Å². The topological polar surface area (TPSA) is 35.2 Å². The lowest BCUT2D eigenvalue weighted by Crippen LogP contribution is -2.47. The third kappa shape index (κ3) is 2.95. The lowest BCUT2D eigenvalue weighted by molar-refractivity contribution is 0.183. The largest absolute Gasteiger partial charge is 0.493 e. The molecule has 1 fully saturated rings. The third-order valence-electron chi connectivity index (χ3n) is 3.01. The van der Waals surface area contributed by atoms with E-state index in [9.17, 15) is 0 Å². The highest BCUT2D eigenvalue weighted by Crippen LogP contribution is 2.32. The van der Waals surface area contributed by atoms with Gasteiger partial charge in [0.2, 0.25) is 0 Å². The van der Waals surface area contributed by atoms with Gasteiger partial charge in [0.25, 0.3) is 0 Å². The van der Waals surface area contributed by atoms with Crippen LogP contribution in [0, 0.1) is 0 Å². The summed E-state index contributed by atoms with van der Waals surface area (Å²) in [5.41, 5.74) is 6.17. The Morgan fingerprint density at radius 3 is 2.80 bits per heavy atom. The Morgan fingerprint density at radius 2 is 2.20 bits per heavy atom. The molecular formula is C12H16BrNO. The highest BCUT2D eigenvalue weighted by Gasteiger charge is 2.31. The van der Waals surface area contributed by atoms with E-state index < -0.39 is 0 Å². The first-order valence-corrected chi connectivity index (χ1v) is 6.15. The van der Waals surface area contributed by atoms with Crippen LogP contribution in [0.2, 0.25) is 0 Å². The van der Waals surface area contributed by atoms with Crippen molar-refractivity contribution in [3.8, 4) is 5.75 Å². The lowest BCUT2D eigenvalue weighted by Gasteiger charge is -2.37. The van der Waals surface area contributed by atoms with Crippen LogP contribution in [-0.2, 0) is 0 Å². The van der Waals surface area contributed by atoms with Crippen LogP contribution in [0.1, 0.15) is 25.7 Å². The molecule has 0 aromatic heterocycles. The van der Waals surface area contributed by atoms with Crippen LogP contribution < -0.4 is 10.5 Å². The van der Waals surface area contributed by atoms with E-state index in [1.165, 1.54) is 6.42 Å². The summed E-state index contributed by atoms with van der Waals surface area (Å²) in [6, 6.07) is 7.91. The molecule has 1 aromatic carbocycles. The van der Waals surface area contributed by atoms with Crippen molar-refractivity contribution in [1.29, 1.82) is 0 Å². The minimum atomic E-state index is 0.0615. The van der Waals surface area contributed by atoms with Gasteiger partial charge >= 0.3 is 0 Å². The zero-order valence-corrected chi connectivity index (χ0v) is 10.3. The van der Waals surface area contributed by atoms with Gasteiger partial charge in [0, 0.05) is 10.0 Å². The Bertz CT molecular complexity index is 336. The van der Waals surface area contributed by atoms with Crippen molar-refractivity contribution < 1.29 is 4.74 Å². The highest BCUT2D eigenvalue weighted by atomic mass is 79.9. The van der Waals surface area contributed by atoms with E-state index in [1.807, 2.05) is 24.3 Å². The fourth-order valence-corrected chi connectivity index (χ4v) is 2.19. The minimum Gasteiger partial charge on any atom is -0.493 e. The molecule has 0 heterocycles. The van der Waals surface area contributed by atoms with E-state index in [-0.39, 0.29) is 5.54 Å². The Kier molecular flexibility index (Phi) is 3.32. The molecule has 0 saturated heterocycles. The van der Waals surface area contributed by atoms with Crippen LogP contribution >= 0.6 is 15.9 Å². The quantitative estimate of drug-likeness (QED) is 0.912. The second-order valence-corrected chi connectivity index (χ2v) is 5.19. The Hall–Kier alpha value is -0.540. The number of hydrogen-bond donors (Lipinski definition) is 1. The molecule has 0 amide bonds. The summed E-state index contributed by atoms with van der Waals surface area (Å²) >= 11 is 3.41. The summed E-state index contributed by atoms with van der Waals surface area (Å²) in [4.78, 5) is 0. The van der Waals surface area contributed by atoms with Gasteiger partial charge in [-0.2, -0.15) is 0 Å². The maximum absolute atomic E-state index is 6.11. The maximum Gasteiger partial charge on any atom is 0.120 e. The average Bonchev–Trinajstić information content (AvgIpc) is 2.15. The Labute approximate surface area is 98.9 Å². The number of ether oxygens (including phenoxy) is 1. The lowest BCUT2D eigenvalue weighted by atomic mass is 9.76. The van der Waals surface area contributed by atoms with Crippen molar-refractivity contribution in [1.82, 2.24) is 0 Å². The number of benzene rings is 1. The van der Waals surface area contributed by atoms with Gasteiger partial charge in [-0.15, -0.1) is 0 Å². The van der Waals surface area contributed by atoms with Crippen molar-refractivity contribution in [2.45, 2.75) is 31.2 Å². The van der Waals surface area contributed by atoms with E-state index in [4.69, 9.17) is 10.5 Å². The standard InChI is InChI=1S/C12H16BrNO/c13-10-3-1-4-11(9-10)15-8-7-12(14)5-2-6-12/h1,3-4,9H,2,5-8,14H2. The molecule has 0 unspecified atom stereocenters. The van der Waals surface area contributed by atoms with Gasteiger partial charge in [-0.1, -0.05) is 22.0 Å². The summed E-state index contributed by atoms with van der Waals surface area (Å²) in [5, 5.41) is 0. The van der Waals surface area contributed by atoms with Gasteiger partial charge in [0.05, 0.1) is 6.61 Å². The fraction of sp³-hybridized carbons (Fsp3) is 0.500. The van der Waals surface area contributed by atoms with Gasteiger partial charge in [-0.05, 0) is 43.9 Å². The van der Waals surface area contributed by atoms with Gasteiger partial charge in [-0.3, -0.25) is 0 Å². The van der Waals surface area contributed by atoms with E-state index in [0.29, 0.717) is 6.61 Å². The van der Waals surface area contributed by atoms with Gasteiger partial charge in [0.1, 0.15) is 5.75 Å². The summed E-state index contributed by atoms with van der Waals surface area (Å²) in [7, 11) is 0. The van der Waals surface area contributed by atoms with Crippen molar-refractivity contribution in [3.05, 3.63) is 28.7 Å². The van der Waals surface area contributed by atoms with Crippen LogP contribution in [0.3, 0.4) is 0 Å². The fourth-order valence-electron chi connectivity index (χ4n) is 1.81. The summed E-state index contributed by atoms with van der Waals surface area (Å²) in [6.45, 7) is 0.715. The molecule has 1 aliphatic rings.